The van der Waals surface area contributed by atoms with Crippen molar-refractivity contribution in [1.29, 1.82) is 0 Å². The molecule has 0 radical (unpaired) electrons. The molecule has 0 aliphatic rings. The van der Waals surface area contributed by atoms with Crippen molar-refractivity contribution in [3.8, 4) is 0 Å². The molecule has 2 N–H and O–H groups in total. The van der Waals surface area contributed by atoms with Crippen molar-refractivity contribution in [2.75, 3.05) is 24.3 Å². The van der Waals surface area contributed by atoms with E-state index in [4.69, 9.17) is 4.42 Å². The van der Waals surface area contributed by atoms with Gasteiger partial charge in [0.2, 0.25) is 0 Å². The average Bonchev–Trinajstić information content (AvgIpc) is 3.00. The van der Waals surface area contributed by atoms with Gasteiger partial charge in [0.15, 0.2) is 0 Å². The second kappa shape index (κ2) is 7.49. The van der Waals surface area contributed by atoms with E-state index in [0.717, 1.165) is 11.4 Å². The Morgan fingerprint density at radius 2 is 1.83 bits per heavy atom. The molecule has 0 saturated carbocycles. The molecular formula is C17H21N3O3. The molecule has 0 fully saturated rings. The van der Waals surface area contributed by atoms with Crippen molar-refractivity contribution < 1.29 is 14.0 Å². The van der Waals surface area contributed by atoms with Crippen molar-refractivity contribution >= 4 is 23.2 Å². The number of carbonyl (C=O) groups excluding carboxylic acids is 2. The first kappa shape index (κ1) is 16.6. The number of nitrogens with one attached hydrogen (secondary N) is 2. The smallest absolute Gasteiger partial charge is 0.313 e. The summed E-state index contributed by atoms with van der Waals surface area (Å²) < 4.78 is 5.22. The van der Waals surface area contributed by atoms with E-state index in [0.29, 0.717) is 12.1 Å². The van der Waals surface area contributed by atoms with E-state index in [1.807, 2.05) is 44.1 Å². The number of benzene rings is 1. The summed E-state index contributed by atoms with van der Waals surface area (Å²) in [4.78, 5) is 25.8. The third kappa shape index (κ3) is 4.88. The molecular weight excluding hydrogens is 294 g/mol. The van der Waals surface area contributed by atoms with Crippen LogP contribution in [0.3, 0.4) is 0 Å². The normalized spacial score (nSPS) is 11.6. The number of furan rings is 1. The van der Waals surface area contributed by atoms with Gasteiger partial charge < -0.3 is 20.0 Å². The maximum atomic E-state index is 11.9. The lowest BCUT2D eigenvalue weighted by Gasteiger charge is -2.14. The molecule has 6 nitrogen and oxygen atoms in total. The van der Waals surface area contributed by atoms with Crippen molar-refractivity contribution in [2.24, 2.45) is 0 Å². The Bertz CT molecular complexity index is 648. The predicted molar refractivity (Wildman–Crippen MR) is 89.4 cm³/mol. The van der Waals surface area contributed by atoms with E-state index in [9.17, 15) is 9.59 Å². The van der Waals surface area contributed by atoms with Gasteiger partial charge in [0, 0.05) is 37.9 Å². The van der Waals surface area contributed by atoms with Crippen LogP contribution in [-0.2, 0) is 16.0 Å². The fourth-order valence-electron chi connectivity index (χ4n) is 2.10. The Labute approximate surface area is 135 Å². The Morgan fingerprint density at radius 3 is 2.39 bits per heavy atom. The zero-order valence-electron chi connectivity index (χ0n) is 13.5. The maximum absolute atomic E-state index is 11.9. The summed E-state index contributed by atoms with van der Waals surface area (Å²) in [5.41, 5.74) is 1.59. The van der Waals surface area contributed by atoms with Crippen LogP contribution in [0, 0.1) is 0 Å². The standard InChI is InChI=1S/C17H21N3O3/c1-12(11-15-5-4-10-23-15)18-16(21)17(22)19-13-6-8-14(9-7-13)20(2)3/h4-10,12H,11H2,1-3H3,(H,18,21)(H,19,22). The lowest BCUT2D eigenvalue weighted by Crippen LogP contribution is -2.41. The number of hydrogen-bond acceptors (Lipinski definition) is 4. The summed E-state index contributed by atoms with van der Waals surface area (Å²) in [5, 5.41) is 5.23. The van der Waals surface area contributed by atoms with Gasteiger partial charge in [-0.3, -0.25) is 9.59 Å². The molecule has 1 aromatic heterocycles. The molecule has 1 atom stereocenters. The maximum Gasteiger partial charge on any atom is 0.313 e. The van der Waals surface area contributed by atoms with Crippen LogP contribution < -0.4 is 15.5 Å². The van der Waals surface area contributed by atoms with E-state index in [-0.39, 0.29) is 6.04 Å². The highest BCUT2D eigenvalue weighted by atomic mass is 16.3. The summed E-state index contributed by atoms with van der Waals surface area (Å²) in [6, 6.07) is 10.7. The second-order valence-electron chi connectivity index (χ2n) is 5.55. The van der Waals surface area contributed by atoms with Gasteiger partial charge in [-0.1, -0.05) is 0 Å². The van der Waals surface area contributed by atoms with Gasteiger partial charge in [0.25, 0.3) is 0 Å². The molecule has 2 aromatic rings. The molecule has 2 amide bonds. The second-order valence-corrected chi connectivity index (χ2v) is 5.55. The lowest BCUT2D eigenvalue weighted by molar-refractivity contribution is -0.136. The molecule has 23 heavy (non-hydrogen) atoms. The van der Waals surface area contributed by atoms with Crippen LogP contribution in [0.25, 0.3) is 0 Å². The molecule has 2 rings (SSSR count). The van der Waals surface area contributed by atoms with Crippen LogP contribution in [0.5, 0.6) is 0 Å². The van der Waals surface area contributed by atoms with E-state index in [2.05, 4.69) is 10.6 Å². The van der Waals surface area contributed by atoms with Gasteiger partial charge in [0.05, 0.1) is 6.26 Å². The van der Waals surface area contributed by atoms with Crippen LogP contribution in [0.1, 0.15) is 12.7 Å². The van der Waals surface area contributed by atoms with Crippen molar-refractivity contribution in [3.63, 3.8) is 0 Å². The highest BCUT2D eigenvalue weighted by Crippen LogP contribution is 2.15. The quantitative estimate of drug-likeness (QED) is 0.828. The molecule has 0 aliphatic heterocycles. The van der Waals surface area contributed by atoms with Gasteiger partial charge in [-0.2, -0.15) is 0 Å². The van der Waals surface area contributed by atoms with Crippen molar-refractivity contribution in [3.05, 3.63) is 48.4 Å². The monoisotopic (exact) mass is 315 g/mol. The third-order valence-electron chi connectivity index (χ3n) is 3.31. The van der Waals surface area contributed by atoms with Gasteiger partial charge in [-0.05, 0) is 43.3 Å². The van der Waals surface area contributed by atoms with Crippen LogP contribution >= 0.6 is 0 Å². The van der Waals surface area contributed by atoms with E-state index < -0.39 is 11.8 Å². The summed E-state index contributed by atoms with van der Waals surface area (Å²) in [5.74, 6) is -0.591. The highest BCUT2D eigenvalue weighted by molar-refractivity contribution is 6.39. The minimum atomic E-state index is -0.686. The molecule has 6 heteroatoms. The van der Waals surface area contributed by atoms with E-state index in [1.54, 1.807) is 24.5 Å². The van der Waals surface area contributed by atoms with Crippen LogP contribution in [-0.4, -0.2) is 32.0 Å². The van der Waals surface area contributed by atoms with Gasteiger partial charge in [-0.25, -0.2) is 0 Å². The van der Waals surface area contributed by atoms with E-state index in [1.165, 1.54) is 0 Å². The molecule has 1 aromatic carbocycles. The molecule has 0 bridgehead atoms. The first-order valence-corrected chi connectivity index (χ1v) is 7.37. The highest BCUT2D eigenvalue weighted by Gasteiger charge is 2.17. The number of rotatable bonds is 5. The van der Waals surface area contributed by atoms with Gasteiger partial charge in [-0.15, -0.1) is 0 Å². The fraction of sp³-hybridized carbons (Fsp3) is 0.294. The molecule has 1 heterocycles. The number of nitrogens with zero attached hydrogens (tertiary/aromatic N) is 1. The van der Waals surface area contributed by atoms with Crippen molar-refractivity contribution in [1.82, 2.24) is 5.32 Å². The number of carbonyl (C=O) groups is 2. The minimum absolute atomic E-state index is 0.199. The Kier molecular flexibility index (Phi) is 5.41. The number of anilines is 2. The van der Waals surface area contributed by atoms with Crippen molar-refractivity contribution in [2.45, 2.75) is 19.4 Å². The predicted octanol–water partition coefficient (Wildman–Crippen LogP) is 2.03. The summed E-state index contributed by atoms with van der Waals surface area (Å²) in [6.45, 7) is 1.82. The average molecular weight is 315 g/mol. The van der Waals surface area contributed by atoms with Gasteiger partial charge >= 0.3 is 11.8 Å². The lowest BCUT2D eigenvalue weighted by atomic mass is 10.2. The third-order valence-corrected chi connectivity index (χ3v) is 3.31. The van der Waals surface area contributed by atoms with E-state index >= 15 is 0 Å². The van der Waals surface area contributed by atoms with Crippen LogP contribution in [0.15, 0.2) is 47.1 Å². The van der Waals surface area contributed by atoms with Crippen LogP contribution in [0.2, 0.25) is 0 Å². The summed E-state index contributed by atoms with van der Waals surface area (Å²) in [7, 11) is 3.86. The first-order valence-electron chi connectivity index (χ1n) is 7.37. The zero-order valence-corrected chi connectivity index (χ0v) is 13.5. The molecule has 122 valence electrons. The number of amides is 2. The topological polar surface area (TPSA) is 74.6 Å². The molecule has 0 saturated heterocycles. The summed E-state index contributed by atoms with van der Waals surface area (Å²) >= 11 is 0. The first-order chi connectivity index (χ1) is 11.0. The Hall–Kier alpha value is -2.76. The molecule has 0 spiro atoms. The SMILES string of the molecule is CC(Cc1ccco1)NC(=O)C(=O)Nc1ccc(N(C)C)cc1. The largest absolute Gasteiger partial charge is 0.469 e. The summed E-state index contributed by atoms with van der Waals surface area (Å²) in [6.07, 6.45) is 2.11. The number of hydrogen-bond donors (Lipinski definition) is 2. The molecule has 0 aliphatic carbocycles. The Morgan fingerprint density at radius 1 is 1.13 bits per heavy atom. The zero-order chi connectivity index (χ0) is 16.8. The van der Waals surface area contributed by atoms with Crippen LogP contribution in [0.4, 0.5) is 11.4 Å². The fourth-order valence-corrected chi connectivity index (χ4v) is 2.10. The Balaban J connectivity index is 1.85. The molecule has 1 unspecified atom stereocenters. The minimum Gasteiger partial charge on any atom is -0.469 e. The van der Waals surface area contributed by atoms with Gasteiger partial charge in [0.1, 0.15) is 5.76 Å².